The molecule has 4 rings (SSSR count). The Morgan fingerprint density at radius 2 is 1.93 bits per heavy atom. The number of anilines is 1. The summed E-state index contributed by atoms with van der Waals surface area (Å²) < 4.78 is 19.3. The van der Waals surface area contributed by atoms with Gasteiger partial charge in [-0.1, -0.05) is 12.1 Å². The number of fused-ring (bicyclic) bond motifs is 1. The largest absolute Gasteiger partial charge is 0.494 e. The molecule has 1 aliphatic heterocycles. The summed E-state index contributed by atoms with van der Waals surface area (Å²) in [6.07, 6.45) is 0. The molecule has 1 aromatic heterocycles. The Labute approximate surface area is 172 Å². The molecule has 1 atom stereocenters. The Morgan fingerprint density at radius 1 is 1.17 bits per heavy atom. The number of amides is 1. The van der Waals surface area contributed by atoms with Gasteiger partial charge < -0.3 is 10.1 Å². The number of nitrogens with zero attached hydrogens (tertiary/aromatic N) is 2. The van der Waals surface area contributed by atoms with E-state index in [9.17, 15) is 9.00 Å². The molecule has 0 saturated carbocycles. The van der Waals surface area contributed by atoms with Crippen LogP contribution in [0.3, 0.4) is 0 Å². The third kappa shape index (κ3) is 3.70. The number of carbonyl (C=O) groups is 1. The predicted molar refractivity (Wildman–Crippen MR) is 114 cm³/mol. The minimum Gasteiger partial charge on any atom is -0.494 e. The lowest BCUT2D eigenvalue weighted by molar-refractivity contribution is 0.102. The van der Waals surface area contributed by atoms with Gasteiger partial charge in [0.1, 0.15) is 11.6 Å². The van der Waals surface area contributed by atoms with Crippen molar-refractivity contribution in [3.05, 3.63) is 70.4 Å². The fourth-order valence-corrected chi connectivity index (χ4v) is 4.71. The summed E-state index contributed by atoms with van der Waals surface area (Å²) in [5, 5.41) is 7.70. The van der Waals surface area contributed by atoms with E-state index in [0.717, 1.165) is 33.8 Å². The van der Waals surface area contributed by atoms with Crippen molar-refractivity contribution in [1.82, 2.24) is 9.78 Å². The van der Waals surface area contributed by atoms with Crippen molar-refractivity contribution >= 4 is 22.5 Å². The lowest BCUT2D eigenvalue weighted by Crippen LogP contribution is -2.17. The number of nitrogens with one attached hydrogen (secondary N) is 1. The molecule has 0 fully saturated rings. The molecule has 29 heavy (non-hydrogen) atoms. The van der Waals surface area contributed by atoms with Crippen molar-refractivity contribution in [2.24, 2.45) is 0 Å². The van der Waals surface area contributed by atoms with Gasteiger partial charge in [-0.25, -0.2) is 4.68 Å². The number of hydrogen-bond acceptors (Lipinski definition) is 4. The second kappa shape index (κ2) is 7.83. The maximum absolute atomic E-state index is 12.9. The third-order valence-corrected chi connectivity index (χ3v) is 6.34. The van der Waals surface area contributed by atoms with Gasteiger partial charge in [-0.2, -0.15) is 5.10 Å². The van der Waals surface area contributed by atoms with Crippen LogP contribution in [0.5, 0.6) is 5.75 Å². The van der Waals surface area contributed by atoms with Crippen molar-refractivity contribution in [1.29, 1.82) is 0 Å². The monoisotopic (exact) mass is 409 g/mol. The summed E-state index contributed by atoms with van der Waals surface area (Å²) in [6.45, 7) is 6.57. The van der Waals surface area contributed by atoms with Crippen molar-refractivity contribution < 1.29 is 13.7 Å². The molecule has 0 unspecified atom stereocenters. The summed E-state index contributed by atoms with van der Waals surface area (Å²) in [5.41, 5.74) is 5.30. The van der Waals surface area contributed by atoms with E-state index in [1.807, 2.05) is 39.0 Å². The van der Waals surface area contributed by atoms with Crippen LogP contribution in [-0.4, -0.2) is 26.5 Å². The highest BCUT2D eigenvalue weighted by Gasteiger charge is 2.29. The molecule has 1 aliphatic rings. The summed E-state index contributed by atoms with van der Waals surface area (Å²) in [4.78, 5) is 12.9. The van der Waals surface area contributed by atoms with Crippen LogP contribution in [-0.2, 0) is 22.3 Å². The Bertz CT molecular complexity index is 1100. The number of aryl methyl sites for hydroxylation is 1. The van der Waals surface area contributed by atoms with Gasteiger partial charge in [0, 0.05) is 21.9 Å². The SMILES string of the molecule is CCOc1ccc(C(=O)Nc2c3c(nn2-c2cccc(C)c2C)C[S@@](=O)C3)cc1. The number of benzene rings is 2. The molecule has 1 N–H and O–H groups in total. The molecule has 6 nitrogen and oxygen atoms in total. The molecule has 3 aromatic rings. The summed E-state index contributed by atoms with van der Waals surface area (Å²) in [6, 6.07) is 13.0. The van der Waals surface area contributed by atoms with E-state index >= 15 is 0 Å². The predicted octanol–water partition coefficient (Wildman–Crippen LogP) is 3.90. The zero-order chi connectivity index (χ0) is 20.5. The van der Waals surface area contributed by atoms with Crippen molar-refractivity contribution in [2.45, 2.75) is 32.3 Å². The second-order valence-corrected chi connectivity index (χ2v) is 8.50. The van der Waals surface area contributed by atoms with Crippen LogP contribution in [0.2, 0.25) is 0 Å². The van der Waals surface area contributed by atoms with Gasteiger partial charge in [0.2, 0.25) is 0 Å². The number of carbonyl (C=O) groups excluding carboxylic acids is 1. The molecule has 0 bridgehead atoms. The summed E-state index contributed by atoms with van der Waals surface area (Å²) in [7, 11) is -0.981. The van der Waals surface area contributed by atoms with Crippen LogP contribution >= 0.6 is 0 Å². The highest BCUT2D eigenvalue weighted by molar-refractivity contribution is 7.83. The molecule has 0 aliphatic carbocycles. The molecule has 0 spiro atoms. The van der Waals surface area contributed by atoms with Crippen molar-refractivity contribution in [3.63, 3.8) is 0 Å². The zero-order valence-corrected chi connectivity index (χ0v) is 17.5. The molecular formula is C22H23N3O3S. The fourth-order valence-electron chi connectivity index (χ4n) is 3.44. The Morgan fingerprint density at radius 3 is 2.66 bits per heavy atom. The summed E-state index contributed by atoms with van der Waals surface area (Å²) >= 11 is 0. The highest BCUT2D eigenvalue weighted by atomic mass is 32.2. The molecule has 7 heteroatoms. The van der Waals surface area contributed by atoms with Gasteiger partial charge in [-0.3, -0.25) is 9.00 Å². The molecule has 2 aromatic carbocycles. The normalized spacial score (nSPS) is 15.2. The van der Waals surface area contributed by atoms with Crippen LogP contribution in [0.25, 0.3) is 5.69 Å². The number of ether oxygens (including phenoxy) is 1. The molecule has 2 heterocycles. The highest BCUT2D eigenvalue weighted by Crippen LogP contribution is 2.33. The quantitative estimate of drug-likeness (QED) is 0.694. The van der Waals surface area contributed by atoms with Crippen molar-refractivity contribution in [2.75, 3.05) is 11.9 Å². The van der Waals surface area contributed by atoms with E-state index in [-0.39, 0.29) is 5.91 Å². The van der Waals surface area contributed by atoms with Crippen LogP contribution in [0.15, 0.2) is 42.5 Å². The molecule has 0 radical (unpaired) electrons. The average molecular weight is 410 g/mol. The average Bonchev–Trinajstić information content (AvgIpc) is 3.22. The van der Waals surface area contributed by atoms with Gasteiger partial charge in [0.05, 0.1) is 29.5 Å². The molecule has 0 saturated heterocycles. The van der Waals surface area contributed by atoms with E-state index < -0.39 is 10.8 Å². The number of hydrogen-bond donors (Lipinski definition) is 1. The Hall–Kier alpha value is -2.93. The fraction of sp³-hybridized carbons (Fsp3) is 0.273. The van der Waals surface area contributed by atoms with Crippen LogP contribution < -0.4 is 10.1 Å². The topological polar surface area (TPSA) is 73.2 Å². The van der Waals surface area contributed by atoms with Gasteiger partial charge in [-0.05, 0) is 62.2 Å². The van der Waals surface area contributed by atoms with Gasteiger partial charge in [0.15, 0.2) is 0 Å². The third-order valence-electron chi connectivity index (χ3n) is 5.13. The minimum absolute atomic E-state index is 0.236. The maximum Gasteiger partial charge on any atom is 0.256 e. The zero-order valence-electron chi connectivity index (χ0n) is 16.7. The van der Waals surface area contributed by atoms with E-state index in [1.165, 1.54) is 0 Å². The lowest BCUT2D eigenvalue weighted by Gasteiger charge is -2.14. The summed E-state index contributed by atoms with van der Waals surface area (Å²) in [5.74, 6) is 1.90. The number of rotatable bonds is 5. The molecular weight excluding hydrogens is 386 g/mol. The molecule has 1 amide bonds. The van der Waals surface area contributed by atoms with Gasteiger partial charge >= 0.3 is 0 Å². The van der Waals surface area contributed by atoms with Crippen LogP contribution in [0, 0.1) is 13.8 Å². The van der Waals surface area contributed by atoms with E-state index in [1.54, 1.807) is 28.9 Å². The Balaban J connectivity index is 1.72. The maximum atomic E-state index is 12.9. The second-order valence-electron chi connectivity index (χ2n) is 7.04. The standard InChI is InChI=1S/C22H23N3O3S/c1-4-28-17-10-8-16(9-11-17)22(26)23-21-18-12-29(27)13-19(18)24-25(21)20-7-5-6-14(2)15(20)3/h5-11H,4,12-13H2,1-3H3,(H,23,26)/t29-/m0/s1. The smallest absolute Gasteiger partial charge is 0.256 e. The first-order valence-electron chi connectivity index (χ1n) is 9.54. The minimum atomic E-state index is -0.981. The van der Waals surface area contributed by atoms with E-state index in [0.29, 0.717) is 29.5 Å². The van der Waals surface area contributed by atoms with Gasteiger partial charge in [-0.15, -0.1) is 0 Å². The molecule has 150 valence electrons. The van der Waals surface area contributed by atoms with Crippen molar-refractivity contribution in [3.8, 4) is 11.4 Å². The van der Waals surface area contributed by atoms with E-state index in [4.69, 9.17) is 4.74 Å². The lowest BCUT2D eigenvalue weighted by atomic mass is 10.1. The first kappa shape index (κ1) is 19.4. The first-order valence-corrected chi connectivity index (χ1v) is 11.0. The van der Waals surface area contributed by atoms with E-state index in [2.05, 4.69) is 10.4 Å². The number of aromatic nitrogens is 2. The van der Waals surface area contributed by atoms with Gasteiger partial charge in [0.25, 0.3) is 5.91 Å². The first-order chi connectivity index (χ1) is 14.0. The Kier molecular flexibility index (Phi) is 5.24. The van der Waals surface area contributed by atoms with Crippen LogP contribution in [0.4, 0.5) is 5.82 Å². The van der Waals surface area contributed by atoms with Crippen LogP contribution in [0.1, 0.15) is 39.7 Å².